The first-order valence-corrected chi connectivity index (χ1v) is 9.72. The van der Waals surface area contributed by atoms with Gasteiger partial charge in [-0.05, 0) is 49.6 Å². The highest BCUT2D eigenvalue weighted by molar-refractivity contribution is 6.31. The number of imide groups is 1. The number of halogens is 1. The van der Waals surface area contributed by atoms with Crippen LogP contribution in [0.3, 0.4) is 0 Å². The van der Waals surface area contributed by atoms with E-state index in [9.17, 15) is 14.4 Å². The zero-order valence-electron chi connectivity index (χ0n) is 15.3. The van der Waals surface area contributed by atoms with Crippen LogP contribution in [0, 0.1) is 0 Å². The summed E-state index contributed by atoms with van der Waals surface area (Å²) in [7, 11) is 0. The molecule has 1 saturated heterocycles. The standard InChI is InChI=1S/C21H20ClN3O3/c22-14-8-9-18(24-10-4-1-5-11-24)17(12-14)23-19(26)13-25-20(27)15-6-2-3-7-16(15)21(25)28/h2-3,6-9,12H,1,4-5,10-11,13H2,(H,23,26). The van der Waals surface area contributed by atoms with Gasteiger partial charge in [0.15, 0.2) is 0 Å². The summed E-state index contributed by atoms with van der Waals surface area (Å²) in [5.41, 5.74) is 2.16. The van der Waals surface area contributed by atoms with E-state index in [1.807, 2.05) is 6.07 Å². The number of hydrogen-bond donors (Lipinski definition) is 1. The number of carbonyl (C=O) groups is 3. The maximum Gasteiger partial charge on any atom is 0.262 e. The Morgan fingerprint density at radius 3 is 2.25 bits per heavy atom. The Balaban J connectivity index is 1.51. The molecule has 4 rings (SSSR count). The molecule has 2 aromatic rings. The highest BCUT2D eigenvalue weighted by Crippen LogP contribution is 2.31. The number of nitrogens with zero attached hydrogens (tertiary/aromatic N) is 2. The van der Waals surface area contributed by atoms with Crippen molar-refractivity contribution in [1.82, 2.24) is 4.90 Å². The Morgan fingerprint density at radius 1 is 0.964 bits per heavy atom. The van der Waals surface area contributed by atoms with E-state index in [0.29, 0.717) is 21.8 Å². The third kappa shape index (κ3) is 3.47. The lowest BCUT2D eigenvalue weighted by Gasteiger charge is -2.30. The largest absolute Gasteiger partial charge is 0.370 e. The number of anilines is 2. The van der Waals surface area contributed by atoms with Crippen LogP contribution in [0.1, 0.15) is 40.0 Å². The molecule has 0 aromatic heterocycles. The monoisotopic (exact) mass is 397 g/mol. The Bertz CT molecular complexity index is 919. The predicted octanol–water partition coefficient (Wildman–Crippen LogP) is 3.57. The number of benzene rings is 2. The van der Waals surface area contributed by atoms with Crippen molar-refractivity contribution in [2.75, 3.05) is 29.9 Å². The maximum absolute atomic E-state index is 12.6. The second-order valence-electron chi connectivity index (χ2n) is 7.00. The molecule has 0 radical (unpaired) electrons. The van der Waals surface area contributed by atoms with Crippen LogP contribution in [0.25, 0.3) is 0 Å². The molecule has 28 heavy (non-hydrogen) atoms. The van der Waals surface area contributed by atoms with Crippen molar-refractivity contribution >= 4 is 40.7 Å². The van der Waals surface area contributed by atoms with Crippen molar-refractivity contribution in [2.45, 2.75) is 19.3 Å². The molecule has 2 aromatic carbocycles. The van der Waals surface area contributed by atoms with E-state index in [1.54, 1.807) is 36.4 Å². The normalized spacial score (nSPS) is 16.3. The molecular weight excluding hydrogens is 378 g/mol. The fourth-order valence-electron chi connectivity index (χ4n) is 3.74. The molecule has 1 N–H and O–H groups in total. The van der Waals surface area contributed by atoms with Gasteiger partial charge in [-0.1, -0.05) is 23.7 Å². The van der Waals surface area contributed by atoms with Crippen LogP contribution in [-0.2, 0) is 4.79 Å². The molecule has 7 heteroatoms. The van der Waals surface area contributed by atoms with Crippen molar-refractivity contribution in [3.8, 4) is 0 Å². The minimum atomic E-state index is -0.446. The Morgan fingerprint density at radius 2 is 1.61 bits per heavy atom. The molecule has 0 spiro atoms. The highest BCUT2D eigenvalue weighted by Gasteiger charge is 2.36. The molecule has 144 valence electrons. The molecule has 3 amide bonds. The van der Waals surface area contributed by atoms with Gasteiger partial charge in [0.25, 0.3) is 11.8 Å². The summed E-state index contributed by atoms with van der Waals surface area (Å²) in [5.74, 6) is -1.33. The van der Waals surface area contributed by atoms with Gasteiger partial charge in [-0.2, -0.15) is 0 Å². The summed E-state index contributed by atoms with van der Waals surface area (Å²) < 4.78 is 0. The summed E-state index contributed by atoms with van der Waals surface area (Å²) in [6, 6.07) is 12.0. The van der Waals surface area contributed by atoms with Gasteiger partial charge in [0, 0.05) is 18.1 Å². The summed E-state index contributed by atoms with van der Waals surface area (Å²) in [6.45, 7) is 1.50. The first-order chi connectivity index (χ1) is 13.5. The van der Waals surface area contributed by atoms with Crippen LogP contribution in [-0.4, -0.2) is 42.3 Å². The van der Waals surface area contributed by atoms with Crippen molar-refractivity contribution in [2.24, 2.45) is 0 Å². The molecule has 0 saturated carbocycles. The summed E-state index contributed by atoms with van der Waals surface area (Å²) in [5, 5.41) is 3.34. The topological polar surface area (TPSA) is 69.7 Å². The average molecular weight is 398 g/mol. The lowest BCUT2D eigenvalue weighted by molar-refractivity contribution is -0.116. The molecular formula is C21H20ClN3O3. The van der Waals surface area contributed by atoms with Gasteiger partial charge in [0.1, 0.15) is 6.54 Å². The van der Waals surface area contributed by atoms with Gasteiger partial charge < -0.3 is 10.2 Å². The lowest BCUT2D eigenvalue weighted by atomic mass is 10.1. The zero-order valence-corrected chi connectivity index (χ0v) is 16.0. The van der Waals surface area contributed by atoms with Gasteiger partial charge in [-0.25, -0.2) is 0 Å². The quantitative estimate of drug-likeness (QED) is 0.801. The summed E-state index contributed by atoms with van der Waals surface area (Å²) in [4.78, 5) is 40.8. The molecule has 1 fully saturated rings. The highest BCUT2D eigenvalue weighted by atomic mass is 35.5. The molecule has 0 bridgehead atoms. The number of hydrogen-bond acceptors (Lipinski definition) is 4. The van der Waals surface area contributed by atoms with E-state index in [0.717, 1.165) is 36.5 Å². The van der Waals surface area contributed by atoms with Gasteiger partial charge in [0.2, 0.25) is 5.91 Å². The van der Waals surface area contributed by atoms with E-state index >= 15 is 0 Å². The predicted molar refractivity (Wildman–Crippen MR) is 108 cm³/mol. The third-order valence-electron chi connectivity index (χ3n) is 5.11. The molecule has 2 aliphatic heterocycles. The molecule has 0 aliphatic carbocycles. The van der Waals surface area contributed by atoms with Crippen molar-refractivity contribution in [1.29, 1.82) is 0 Å². The number of nitrogens with one attached hydrogen (secondary N) is 1. The zero-order chi connectivity index (χ0) is 19.7. The van der Waals surface area contributed by atoms with Gasteiger partial charge in [-0.15, -0.1) is 0 Å². The Kier molecular flexibility index (Phi) is 5.05. The van der Waals surface area contributed by atoms with Gasteiger partial charge in [-0.3, -0.25) is 19.3 Å². The molecule has 6 nitrogen and oxygen atoms in total. The first-order valence-electron chi connectivity index (χ1n) is 9.34. The summed E-state index contributed by atoms with van der Waals surface area (Å²) in [6.07, 6.45) is 3.40. The van der Waals surface area contributed by atoms with Crippen molar-refractivity contribution in [3.63, 3.8) is 0 Å². The molecule has 0 unspecified atom stereocenters. The van der Waals surface area contributed by atoms with Crippen LogP contribution in [0.5, 0.6) is 0 Å². The molecule has 2 aliphatic rings. The van der Waals surface area contributed by atoms with Crippen LogP contribution in [0.15, 0.2) is 42.5 Å². The van der Waals surface area contributed by atoms with Crippen molar-refractivity contribution < 1.29 is 14.4 Å². The summed E-state index contributed by atoms with van der Waals surface area (Å²) >= 11 is 6.13. The first kappa shape index (κ1) is 18.5. The lowest BCUT2D eigenvalue weighted by Crippen LogP contribution is -2.37. The van der Waals surface area contributed by atoms with Crippen LogP contribution in [0.4, 0.5) is 11.4 Å². The van der Waals surface area contributed by atoms with Crippen molar-refractivity contribution in [3.05, 3.63) is 58.6 Å². The maximum atomic E-state index is 12.6. The fourth-order valence-corrected chi connectivity index (χ4v) is 3.91. The average Bonchev–Trinajstić information content (AvgIpc) is 2.94. The minimum absolute atomic E-state index is 0.331. The van der Waals surface area contributed by atoms with E-state index < -0.39 is 17.7 Å². The van der Waals surface area contributed by atoms with E-state index in [4.69, 9.17) is 11.6 Å². The number of fused-ring (bicyclic) bond motifs is 1. The van der Waals surface area contributed by atoms with Crippen LogP contribution >= 0.6 is 11.6 Å². The SMILES string of the molecule is O=C(CN1C(=O)c2ccccc2C1=O)Nc1cc(Cl)ccc1N1CCCCC1. The van der Waals surface area contributed by atoms with Crippen LogP contribution < -0.4 is 10.2 Å². The van der Waals surface area contributed by atoms with E-state index in [2.05, 4.69) is 10.2 Å². The Hall–Kier alpha value is -2.86. The Labute approximate surface area is 168 Å². The third-order valence-corrected chi connectivity index (χ3v) is 5.34. The molecule has 0 atom stereocenters. The number of rotatable bonds is 4. The second kappa shape index (κ2) is 7.64. The molecule has 2 heterocycles. The number of piperidine rings is 1. The van der Waals surface area contributed by atoms with E-state index in [1.165, 1.54) is 6.42 Å². The number of amides is 3. The minimum Gasteiger partial charge on any atom is -0.370 e. The smallest absolute Gasteiger partial charge is 0.262 e. The van der Waals surface area contributed by atoms with Gasteiger partial charge in [0.05, 0.1) is 22.5 Å². The van der Waals surface area contributed by atoms with E-state index in [-0.39, 0.29) is 6.54 Å². The van der Waals surface area contributed by atoms with Crippen LogP contribution in [0.2, 0.25) is 5.02 Å². The van der Waals surface area contributed by atoms with Gasteiger partial charge >= 0.3 is 0 Å². The second-order valence-corrected chi connectivity index (χ2v) is 7.44. The number of carbonyl (C=O) groups excluding carboxylic acids is 3. The fraction of sp³-hybridized carbons (Fsp3) is 0.286.